The maximum Gasteiger partial charge on any atom is 0.306 e. The number of aliphatic carboxylic acids is 1. The zero-order valence-corrected chi connectivity index (χ0v) is 8.16. The average Bonchev–Trinajstić information content (AvgIpc) is 2.10. The molecule has 0 bridgehead atoms. The van der Waals surface area contributed by atoms with Gasteiger partial charge in [0.2, 0.25) is 0 Å². The second-order valence-corrected chi connectivity index (χ2v) is 3.10. The molecule has 0 aromatic heterocycles. The quantitative estimate of drug-likeness (QED) is 0.555. The van der Waals surface area contributed by atoms with Crippen LogP contribution < -0.4 is 5.73 Å². The number of carbonyl (C=O) groups is 1. The molecule has 0 saturated heterocycles. The highest BCUT2D eigenvalue weighted by Crippen LogP contribution is 2.12. The molecule has 3 N–H and O–H groups in total. The molecule has 0 rings (SSSR count). The van der Waals surface area contributed by atoms with Crippen LogP contribution in [-0.2, 0) is 9.53 Å². The Bertz CT molecular complexity index is 139. The van der Waals surface area contributed by atoms with E-state index in [1.807, 2.05) is 0 Å². The van der Waals surface area contributed by atoms with Crippen LogP contribution in [0.3, 0.4) is 0 Å². The molecule has 0 aliphatic carbocycles. The maximum absolute atomic E-state index is 10.7. The van der Waals surface area contributed by atoms with Gasteiger partial charge in [0.1, 0.15) is 0 Å². The van der Waals surface area contributed by atoms with Gasteiger partial charge in [0.05, 0.1) is 5.92 Å². The monoisotopic (exact) mass is 189 g/mol. The van der Waals surface area contributed by atoms with Crippen LogP contribution in [0.1, 0.15) is 25.7 Å². The van der Waals surface area contributed by atoms with Crippen LogP contribution in [0.2, 0.25) is 0 Å². The summed E-state index contributed by atoms with van der Waals surface area (Å²) in [6.45, 7) is 1.15. The Hall–Kier alpha value is -0.610. The van der Waals surface area contributed by atoms with E-state index in [9.17, 15) is 4.79 Å². The molecular formula is C9H19NO3. The summed E-state index contributed by atoms with van der Waals surface area (Å²) >= 11 is 0. The minimum Gasteiger partial charge on any atom is -0.481 e. The number of carboxylic acid groups (broad SMARTS) is 1. The molecule has 13 heavy (non-hydrogen) atoms. The lowest BCUT2D eigenvalue weighted by Crippen LogP contribution is -2.18. The topological polar surface area (TPSA) is 72.5 Å². The first-order chi connectivity index (χ1) is 6.22. The zero-order valence-electron chi connectivity index (χ0n) is 8.16. The number of methoxy groups -OCH3 is 1. The summed E-state index contributed by atoms with van der Waals surface area (Å²) in [5.41, 5.74) is 5.31. The summed E-state index contributed by atoms with van der Waals surface area (Å²) in [7, 11) is 1.65. The molecule has 0 saturated carbocycles. The molecule has 0 amide bonds. The van der Waals surface area contributed by atoms with Crippen LogP contribution in [0.15, 0.2) is 0 Å². The second-order valence-electron chi connectivity index (χ2n) is 3.10. The van der Waals surface area contributed by atoms with Gasteiger partial charge in [-0.05, 0) is 25.8 Å². The number of ether oxygens (including phenoxy) is 1. The van der Waals surface area contributed by atoms with Gasteiger partial charge in [-0.2, -0.15) is 0 Å². The highest BCUT2D eigenvalue weighted by Gasteiger charge is 2.15. The Kier molecular flexibility index (Phi) is 7.63. The number of nitrogens with two attached hydrogens (primary N) is 1. The van der Waals surface area contributed by atoms with Gasteiger partial charge in [0.25, 0.3) is 0 Å². The third-order valence-corrected chi connectivity index (χ3v) is 2.02. The third kappa shape index (κ3) is 6.54. The van der Waals surface area contributed by atoms with Gasteiger partial charge in [-0.3, -0.25) is 4.79 Å². The van der Waals surface area contributed by atoms with Crippen molar-refractivity contribution >= 4 is 5.97 Å². The number of carboxylic acids is 1. The maximum atomic E-state index is 10.7. The molecule has 0 aromatic carbocycles. The Balaban J connectivity index is 3.51. The largest absolute Gasteiger partial charge is 0.481 e. The van der Waals surface area contributed by atoms with E-state index in [0.29, 0.717) is 26.0 Å². The van der Waals surface area contributed by atoms with E-state index in [1.54, 1.807) is 7.11 Å². The normalized spacial score (nSPS) is 12.8. The molecule has 4 nitrogen and oxygen atoms in total. The summed E-state index contributed by atoms with van der Waals surface area (Å²) in [5, 5.41) is 8.77. The van der Waals surface area contributed by atoms with Crippen molar-refractivity contribution in [3.8, 4) is 0 Å². The molecule has 0 aromatic rings. The van der Waals surface area contributed by atoms with E-state index < -0.39 is 5.97 Å². The fourth-order valence-electron chi connectivity index (χ4n) is 1.23. The van der Waals surface area contributed by atoms with E-state index in [-0.39, 0.29) is 5.92 Å². The minimum atomic E-state index is -0.733. The summed E-state index contributed by atoms with van der Waals surface area (Å²) in [6.07, 6.45) is 3.09. The smallest absolute Gasteiger partial charge is 0.306 e. The minimum absolute atomic E-state index is 0.276. The number of hydrogen-bond donors (Lipinski definition) is 2. The third-order valence-electron chi connectivity index (χ3n) is 2.02. The fourth-order valence-corrected chi connectivity index (χ4v) is 1.23. The number of rotatable bonds is 8. The number of hydrogen-bond acceptors (Lipinski definition) is 3. The lowest BCUT2D eigenvalue weighted by atomic mass is 9.99. The van der Waals surface area contributed by atoms with E-state index in [0.717, 1.165) is 12.8 Å². The molecule has 0 spiro atoms. The van der Waals surface area contributed by atoms with Crippen molar-refractivity contribution in [1.82, 2.24) is 0 Å². The Morgan fingerprint density at radius 2 is 2.15 bits per heavy atom. The zero-order chi connectivity index (χ0) is 10.1. The van der Waals surface area contributed by atoms with E-state index >= 15 is 0 Å². The van der Waals surface area contributed by atoms with Gasteiger partial charge in [0.15, 0.2) is 0 Å². The lowest BCUT2D eigenvalue weighted by Gasteiger charge is -2.09. The predicted molar refractivity (Wildman–Crippen MR) is 50.5 cm³/mol. The average molecular weight is 189 g/mol. The fraction of sp³-hybridized carbons (Fsp3) is 0.889. The van der Waals surface area contributed by atoms with Crippen molar-refractivity contribution in [1.29, 1.82) is 0 Å². The van der Waals surface area contributed by atoms with E-state index in [4.69, 9.17) is 15.6 Å². The molecule has 4 heteroatoms. The molecular weight excluding hydrogens is 170 g/mol. The predicted octanol–water partition coefficient (Wildman–Crippen LogP) is 0.853. The molecule has 0 fully saturated rings. The van der Waals surface area contributed by atoms with Gasteiger partial charge < -0.3 is 15.6 Å². The van der Waals surface area contributed by atoms with E-state index in [2.05, 4.69) is 0 Å². The molecule has 78 valence electrons. The first kappa shape index (κ1) is 12.4. The van der Waals surface area contributed by atoms with Crippen molar-refractivity contribution in [3.05, 3.63) is 0 Å². The summed E-state index contributed by atoms with van der Waals surface area (Å²) in [5.74, 6) is -1.01. The standard InChI is InChI=1S/C9H19NO3/c1-13-7-3-2-4-8(5-6-10)9(11)12/h8H,2-7,10H2,1H3,(H,11,12). The van der Waals surface area contributed by atoms with Crippen LogP contribution in [0.4, 0.5) is 0 Å². The SMILES string of the molecule is COCCCCC(CCN)C(=O)O. The molecule has 1 unspecified atom stereocenters. The first-order valence-corrected chi connectivity index (χ1v) is 4.64. The highest BCUT2D eigenvalue weighted by molar-refractivity contribution is 5.69. The first-order valence-electron chi connectivity index (χ1n) is 4.64. The Labute approximate surface area is 79.1 Å². The van der Waals surface area contributed by atoms with Crippen molar-refractivity contribution in [2.75, 3.05) is 20.3 Å². The number of unbranched alkanes of at least 4 members (excludes halogenated alkanes) is 1. The summed E-state index contributed by atoms with van der Waals surface area (Å²) in [6, 6.07) is 0. The van der Waals surface area contributed by atoms with Gasteiger partial charge in [-0.1, -0.05) is 6.42 Å². The van der Waals surface area contributed by atoms with Crippen LogP contribution in [0.5, 0.6) is 0 Å². The van der Waals surface area contributed by atoms with E-state index in [1.165, 1.54) is 0 Å². The van der Waals surface area contributed by atoms with Gasteiger partial charge in [-0.25, -0.2) is 0 Å². The van der Waals surface area contributed by atoms with Crippen molar-refractivity contribution in [3.63, 3.8) is 0 Å². The van der Waals surface area contributed by atoms with Crippen LogP contribution in [-0.4, -0.2) is 31.3 Å². The van der Waals surface area contributed by atoms with Crippen molar-refractivity contribution in [2.24, 2.45) is 11.7 Å². The van der Waals surface area contributed by atoms with Crippen LogP contribution in [0, 0.1) is 5.92 Å². The highest BCUT2D eigenvalue weighted by atomic mass is 16.5. The van der Waals surface area contributed by atoms with Gasteiger partial charge >= 0.3 is 5.97 Å². The summed E-state index contributed by atoms with van der Waals surface area (Å²) in [4.78, 5) is 10.7. The van der Waals surface area contributed by atoms with Crippen LogP contribution >= 0.6 is 0 Å². The van der Waals surface area contributed by atoms with Gasteiger partial charge in [0, 0.05) is 13.7 Å². The summed E-state index contributed by atoms with van der Waals surface area (Å²) < 4.78 is 4.87. The van der Waals surface area contributed by atoms with Crippen LogP contribution in [0.25, 0.3) is 0 Å². The van der Waals surface area contributed by atoms with Crippen molar-refractivity contribution < 1.29 is 14.6 Å². The Morgan fingerprint density at radius 1 is 1.46 bits per heavy atom. The molecule has 0 aliphatic heterocycles. The Morgan fingerprint density at radius 3 is 2.62 bits per heavy atom. The molecule has 1 atom stereocenters. The lowest BCUT2D eigenvalue weighted by molar-refractivity contribution is -0.142. The molecule has 0 aliphatic rings. The molecule has 0 heterocycles. The van der Waals surface area contributed by atoms with Crippen molar-refractivity contribution in [2.45, 2.75) is 25.7 Å². The van der Waals surface area contributed by atoms with Gasteiger partial charge in [-0.15, -0.1) is 0 Å². The molecule has 0 radical (unpaired) electrons. The second kappa shape index (κ2) is 8.01.